The highest BCUT2D eigenvalue weighted by molar-refractivity contribution is 5.79. The largest absolute Gasteiger partial charge is 0.481 e. The number of hydrogen-bond donors (Lipinski definition) is 1. The van der Waals surface area contributed by atoms with Crippen molar-refractivity contribution in [1.29, 1.82) is 0 Å². The van der Waals surface area contributed by atoms with Crippen molar-refractivity contribution in [2.75, 3.05) is 7.11 Å². The van der Waals surface area contributed by atoms with Crippen LogP contribution >= 0.6 is 0 Å². The number of ether oxygens (including phenoxy) is 1. The average molecular weight is 200 g/mol. The van der Waals surface area contributed by atoms with Crippen LogP contribution in [0.2, 0.25) is 0 Å². The van der Waals surface area contributed by atoms with Gasteiger partial charge in [0.1, 0.15) is 5.78 Å². The van der Waals surface area contributed by atoms with Crippen LogP contribution in [0.3, 0.4) is 0 Å². The van der Waals surface area contributed by atoms with Crippen LogP contribution in [0.5, 0.6) is 0 Å². The molecule has 1 aliphatic rings. The molecule has 1 aliphatic carbocycles. The molecule has 1 rings (SSSR count). The lowest BCUT2D eigenvalue weighted by Gasteiger charge is -2.30. The van der Waals surface area contributed by atoms with E-state index in [9.17, 15) is 9.59 Å². The van der Waals surface area contributed by atoms with Crippen molar-refractivity contribution in [2.45, 2.75) is 38.2 Å². The van der Waals surface area contributed by atoms with Crippen molar-refractivity contribution in [3.63, 3.8) is 0 Å². The second-order valence-electron chi connectivity index (χ2n) is 3.93. The third-order valence-electron chi connectivity index (χ3n) is 2.98. The first-order valence-electron chi connectivity index (χ1n) is 4.79. The Morgan fingerprint density at radius 3 is 2.64 bits per heavy atom. The van der Waals surface area contributed by atoms with Crippen LogP contribution in [0, 0.1) is 5.92 Å². The standard InChI is InChI=1S/C10H16O4/c1-7(11)6-10(14-2)5-3-4-8(10)9(12)13/h8H,3-6H2,1-2H3,(H,12,13). The predicted molar refractivity (Wildman–Crippen MR) is 50.0 cm³/mol. The molecule has 0 bridgehead atoms. The van der Waals surface area contributed by atoms with Crippen molar-refractivity contribution >= 4 is 11.8 Å². The van der Waals surface area contributed by atoms with Crippen molar-refractivity contribution in [1.82, 2.24) is 0 Å². The summed E-state index contributed by atoms with van der Waals surface area (Å²) in [5.41, 5.74) is -0.752. The van der Waals surface area contributed by atoms with E-state index in [1.807, 2.05) is 0 Å². The molecular formula is C10H16O4. The first-order chi connectivity index (χ1) is 6.52. The summed E-state index contributed by atoms with van der Waals surface area (Å²) in [6.07, 6.45) is 2.30. The second-order valence-corrected chi connectivity index (χ2v) is 3.93. The van der Waals surface area contributed by atoms with E-state index in [0.717, 1.165) is 6.42 Å². The van der Waals surface area contributed by atoms with Gasteiger partial charge in [-0.15, -0.1) is 0 Å². The molecule has 0 aromatic rings. The molecular weight excluding hydrogens is 184 g/mol. The number of carboxylic acids is 1. The third-order valence-corrected chi connectivity index (χ3v) is 2.98. The van der Waals surface area contributed by atoms with E-state index in [4.69, 9.17) is 9.84 Å². The van der Waals surface area contributed by atoms with Crippen LogP contribution in [0.4, 0.5) is 0 Å². The van der Waals surface area contributed by atoms with Crippen LogP contribution in [0.15, 0.2) is 0 Å². The topological polar surface area (TPSA) is 63.6 Å². The maximum Gasteiger partial charge on any atom is 0.309 e. The molecule has 0 heterocycles. The smallest absolute Gasteiger partial charge is 0.309 e. The summed E-state index contributed by atoms with van der Waals surface area (Å²) in [5, 5.41) is 9.00. The van der Waals surface area contributed by atoms with Gasteiger partial charge in [0.05, 0.1) is 11.5 Å². The van der Waals surface area contributed by atoms with Gasteiger partial charge in [-0.1, -0.05) is 0 Å². The number of carboxylic acid groups (broad SMARTS) is 1. The highest BCUT2D eigenvalue weighted by Crippen LogP contribution is 2.41. The Kier molecular flexibility index (Phi) is 3.26. The molecule has 0 radical (unpaired) electrons. The molecule has 1 saturated carbocycles. The molecule has 0 aliphatic heterocycles. The van der Waals surface area contributed by atoms with Gasteiger partial charge in [-0.25, -0.2) is 0 Å². The van der Waals surface area contributed by atoms with Gasteiger partial charge in [-0.2, -0.15) is 0 Å². The summed E-state index contributed by atoms with van der Waals surface area (Å²) >= 11 is 0. The molecule has 4 nitrogen and oxygen atoms in total. The van der Waals surface area contributed by atoms with E-state index >= 15 is 0 Å². The molecule has 1 N–H and O–H groups in total. The Bertz CT molecular complexity index is 249. The normalized spacial score (nSPS) is 31.7. The van der Waals surface area contributed by atoms with Gasteiger partial charge >= 0.3 is 5.97 Å². The Hall–Kier alpha value is -0.900. The molecule has 0 amide bonds. The van der Waals surface area contributed by atoms with E-state index in [0.29, 0.717) is 12.8 Å². The first kappa shape index (κ1) is 11.2. The van der Waals surface area contributed by atoms with Crippen molar-refractivity contribution in [3.05, 3.63) is 0 Å². The van der Waals surface area contributed by atoms with Gasteiger partial charge in [0, 0.05) is 13.5 Å². The zero-order valence-electron chi connectivity index (χ0n) is 8.58. The molecule has 14 heavy (non-hydrogen) atoms. The zero-order valence-corrected chi connectivity index (χ0v) is 8.58. The van der Waals surface area contributed by atoms with Crippen molar-refractivity contribution in [2.24, 2.45) is 5.92 Å². The fourth-order valence-corrected chi connectivity index (χ4v) is 2.34. The van der Waals surface area contributed by atoms with Gasteiger partial charge in [0.15, 0.2) is 0 Å². The van der Waals surface area contributed by atoms with Crippen molar-refractivity contribution < 1.29 is 19.4 Å². The minimum absolute atomic E-state index is 0.0139. The first-order valence-corrected chi connectivity index (χ1v) is 4.79. The van der Waals surface area contributed by atoms with Gasteiger partial charge in [-0.05, 0) is 26.2 Å². The van der Waals surface area contributed by atoms with E-state index in [2.05, 4.69) is 0 Å². The number of carbonyl (C=O) groups excluding carboxylic acids is 1. The lowest BCUT2D eigenvalue weighted by atomic mass is 9.86. The molecule has 4 heteroatoms. The Morgan fingerprint density at radius 2 is 2.21 bits per heavy atom. The predicted octanol–water partition coefficient (Wildman–Crippen LogP) is 1.24. The van der Waals surface area contributed by atoms with Gasteiger partial charge in [-0.3, -0.25) is 9.59 Å². The lowest BCUT2D eigenvalue weighted by Crippen LogP contribution is -2.41. The highest BCUT2D eigenvalue weighted by Gasteiger charge is 2.47. The summed E-state index contributed by atoms with van der Waals surface area (Å²) in [7, 11) is 1.49. The van der Waals surface area contributed by atoms with Gasteiger partial charge in [0.2, 0.25) is 0 Å². The third kappa shape index (κ3) is 1.95. The molecule has 0 aromatic heterocycles. The van der Waals surface area contributed by atoms with E-state index in [1.54, 1.807) is 0 Å². The summed E-state index contributed by atoms with van der Waals surface area (Å²) in [4.78, 5) is 22.0. The van der Waals surface area contributed by atoms with E-state index in [1.165, 1.54) is 14.0 Å². The summed E-state index contributed by atoms with van der Waals surface area (Å²) in [6.45, 7) is 1.47. The van der Waals surface area contributed by atoms with Crippen LogP contribution in [-0.4, -0.2) is 29.6 Å². The lowest BCUT2D eigenvalue weighted by molar-refractivity contribution is -0.153. The number of ketones is 1. The minimum Gasteiger partial charge on any atom is -0.481 e. The Balaban J connectivity index is 2.85. The molecule has 2 unspecified atom stereocenters. The van der Waals surface area contributed by atoms with Crippen LogP contribution < -0.4 is 0 Å². The fourth-order valence-electron chi connectivity index (χ4n) is 2.34. The number of aliphatic carboxylic acids is 1. The summed E-state index contributed by atoms with van der Waals surface area (Å²) in [5.74, 6) is -1.40. The Morgan fingerprint density at radius 1 is 1.57 bits per heavy atom. The zero-order chi connectivity index (χ0) is 10.8. The van der Waals surface area contributed by atoms with Crippen LogP contribution in [0.25, 0.3) is 0 Å². The second kappa shape index (κ2) is 4.09. The van der Waals surface area contributed by atoms with Crippen molar-refractivity contribution in [3.8, 4) is 0 Å². The summed E-state index contributed by atoms with van der Waals surface area (Å²) in [6, 6.07) is 0. The number of Topliss-reactive ketones (excluding diaryl/α,β-unsaturated/α-hetero) is 1. The molecule has 0 saturated heterocycles. The highest BCUT2D eigenvalue weighted by atomic mass is 16.5. The average Bonchev–Trinajstić information content (AvgIpc) is 2.48. The molecule has 0 aromatic carbocycles. The summed E-state index contributed by atoms with van der Waals surface area (Å²) < 4.78 is 5.28. The molecule has 80 valence electrons. The monoisotopic (exact) mass is 200 g/mol. The number of carbonyl (C=O) groups is 2. The number of methoxy groups -OCH3 is 1. The molecule has 2 atom stereocenters. The fraction of sp³-hybridized carbons (Fsp3) is 0.800. The molecule has 0 spiro atoms. The number of rotatable bonds is 4. The quantitative estimate of drug-likeness (QED) is 0.741. The minimum atomic E-state index is -0.856. The van der Waals surface area contributed by atoms with Crippen LogP contribution in [0.1, 0.15) is 32.6 Å². The maximum absolute atomic E-state index is 11.1. The van der Waals surface area contributed by atoms with Gasteiger partial charge in [0.25, 0.3) is 0 Å². The molecule has 1 fully saturated rings. The SMILES string of the molecule is COC1(CC(C)=O)CCCC1C(=O)O. The van der Waals surface area contributed by atoms with Gasteiger partial charge < -0.3 is 9.84 Å². The van der Waals surface area contributed by atoms with E-state index in [-0.39, 0.29) is 12.2 Å². The Labute approximate surface area is 83.2 Å². The number of hydrogen-bond acceptors (Lipinski definition) is 3. The van der Waals surface area contributed by atoms with E-state index < -0.39 is 17.5 Å². The van der Waals surface area contributed by atoms with Crippen LogP contribution in [-0.2, 0) is 14.3 Å². The maximum atomic E-state index is 11.1.